The van der Waals surface area contributed by atoms with Gasteiger partial charge in [0.05, 0.1) is 6.21 Å². The number of nitrogens with two attached hydrogens (primary N) is 1. The first-order chi connectivity index (χ1) is 5.93. The van der Waals surface area contributed by atoms with Crippen LogP contribution in [0.25, 0.3) is 0 Å². The van der Waals surface area contributed by atoms with E-state index < -0.39 is 0 Å². The number of hydrogen-bond donors (Lipinski definition) is 1. The lowest BCUT2D eigenvalue weighted by Gasteiger charge is -1.94. The average Bonchev–Trinajstić information content (AvgIpc) is 2.57. The highest BCUT2D eigenvalue weighted by Gasteiger charge is 1.85. The van der Waals surface area contributed by atoms with E-state index in [1.54, 1.807) is 17.6 Å². The third-order valence-electron chi connectivity index (χ3n) is 1.26. The van der Waals surface area contributed by atoms with Gasteiger partial charge in [-0.15, -0.1) is 0 Å². The van der Waals surface area contributed by atoms with Crippen LogP contribution in [0.2, 0.25) is 0 Å². The molecule has 0 bridgehead atoms. The van der Waals surface area contributed by atoms with Crippen LogP contribution < -0.4 is 5.73 Å². The maximum absolute atomic E-state index is 5.28. The lowest BCUT2D eigenvalue weighted by Crippen LogP contribution is -2.02. The van der Waals surface area contributed by atoms with Crippen LogP contribution in [-0.2, 0) is 4.84 Å². The molecule has 0 aliphatic heterocycles. The highest BCUT2D eigenvalue weighted by atomic mass is 32.1. The van der Waals surface area contributed by atoms with Gasteiger partial charge in [-0.1, -0.05) is 5.16 Å². The molecule has 66 valence electrons. The highest BCUT2D eigenvalue weighted by Crippen LogP contribution is 2.02. The molecule has 0 aliphatic rings. The van der Waals surface area contributed by atoms with Gasteiger partial charge < -0.3 is 10.6 Å². The number of nitrogens with zero attached hydrogens (tertiary/aromatic N) is 1. The van der Waals surface area contributed by atoms with Crippen molar-refractivity contribution < 1.29 is 4.84 Å². The summed E-state index contributed by atoms with van der Waals surface area (Å²) in [6.45, 7) is 1.24. The zero-order valence-corrected chi connectivity index (χ0v) is 7.59. The number of oxime groups is 1. The Bertz CT molecular complexity index is 221. The van der Waals surface area contributed by atoms with Crippen molar-refractivity contribution in [3.8, 4) is 0 Å². The first-order valence-corrected chi connectivity index (χ1v) is 4.75. The van der Waals surface area contributed by atoms with E-state index in [0.29, 0.717) is 13.2 Å². The summed E-state index contributed by atoms with van der Waals surface area (Å²) in [5.74, 6) is 0. The van der Waals surface area contributed by atoms with Crippen LogP contribution in [0, 0.1) is 0 Å². The zero-order chi connectivity index (χ0) is 8.65. The van der Waals surface area contributed by atoms with Gasteiger partial charge in [0, 0.05) is 5.56 Å². The summed E-state index contributed by atoms with van der Waals surface area (Å²) in [6, 6.07) is 1.99. The molecule has 0 unspecified atom stereocenters. The second-order valence-corrected chi connectivity index (χ2v) is 3.05. The van der Waals surface area contributed by atoms with Crippen LogP contribution in [0.5, 0.6) is 0 Å². The van der Waals surface area contributed by atoms with Crippen LogP contribution in [-0.4, -0.2) is 19.4 Å². The molecule has 0 aliphatic carbocycles. The maximum atomic E-state index is 5.28. The Hall–Kier alpha value is -0.870. The quantitative estimate of drug-likeness (QED) is 0.427. The van der Waals surface area contributed by atoms with Crippen molar-refractivity contribution in [3.63, 3.8) is 0 Å². The monoisotopic (exact) mass is 184 g/mol. The minimum absolute atomic E-state index is 0.594. The third-order valence-corrected chi connectivity index (χ3v) is 1.96. The van der Waals surface area contributed by atoms with Gasteiger partial charge in [0.2, 0.25) is 0 Å². The van der Waals surface area contributed by atoms with Gasteiger partial charge >= 0.3 is 0 Å². The lowest BCUT2D eigenvalue weighted by atomic mass is 10.4. The SMILES string of the molecule is NCCCO/N=C/c1ccsc1. The summed E-state index contributed by atoms with van der Waals surface area (Å²) in [6.07, 6.45) is 2.55. The second kappa shape index (κ2) is 5.74. The molecule has 1 rings (SSSR count). The van der Waals surface area contributed by atoms with E-state index in [2.05, 4.69) is 5.16 Å². The van der Waals surface area contributed by atoms with E-state index >= 15 is 0 Å². The summed E-state index contributed by atoms with van der Waals surface area (Å²) in [7, 11) is 0. The third kappa shape index (κ3) is 3.50. The summed E-state index contributed by atoms with van der Waals surface area (Å²) in [5, 5.41) is 7.79. The molecule has 0 fully saturated rings. The summed E-state index contributed by atoms with van der Waals surface area (Å²) in [5.41, 5.74) is 6.35. The molecule has 0 amide bonds. The van der Waals surface area contributed by atoms with Gasteiger partial charge in [-0.3, -0.25) is 0 Å². The molecule has 1 heterocycles. The Morgan fingerprint density at radius 1 is 1.67 bits per heavy atom. The van der Waals surface area contributed by atoms with E-state index in [-0.39, 0.29) is 0 Å². The molecule has 0 atom stereocenters. The maximum Gasteiger partial charge on any atom is 0.118 e. The first kappa shape index (κ1) is 9.22. The van der Waals surface area contributed by atoms with Crippen LogP contribution in [0.4, 0.5) is 0 Å². The van der Waals surface area contributed by atoms with Crippen molar-refractivity contribution >= 4 is 17.6 Å². The average molecular weight is 184 g/mol. The van der Waals surface area contributed by atoms with Crippen LogP contribution in [0.3, 0.4) is 0 Å². The second-order valence-electron chi connectivity index (χ2n) is 2.27. The fourth-order valence-corrected chi connectivity index (χ4v) is 1.26. The van der Waals surface area contributed by atoms with E-state index in [9.17, 15) is 0 Å². The molecule has 4 heteroatoms. The van der Waals surface area contributed by atoms with E-state index in [1.807, 2.05) is 16.8 Å². The van der Waals surface area contributed by atoms with Crippen LogP contribution in [0.1, 0.15) is 12.0 Å². The summed E-state index contributed by atoms with van der Waals surface area (Å²) < 4.78 is 0. The van der Waals surface area contributed by atoms with E-state index in [1.165, 1.54) is 0 Å². The molecule has 12 heavy (non-hydrogen) atoms. The molecule has 0 radical (unpaired) electrons. The largest absolute Gasteiger partial charge is 0.396 e. The van der Waals surface area contributed by atoms with Crippen LogP contribution >= 0.6 is 11.3 Å². The zero-order valence-electron chi connectivity index (χ0n) is 6.77. The lowest BCUT2D eigenvalue weighted by molar-refractivity contribution is 0.145. The summed E-state index contributed by atoms with van der Waals surface area (Å²) >= 11 is 1.64. The van der Waals surface area contributed by atoms with Crippen molar-refractivity contribution in [2.45, 2.75) is 6.42 Å². The molecule has 0 saturated carbocycles. The molecule has 3 nitrogen and oxygen atoms in total. The van der Waals surface area contributed by atoms with Crippen molar-refractivity contribution in [1.29, 1.82) is 0 Å². The molecular weight excluding hydrogens is 172 g/mol. The molecule has 1 aromatic heterocycles. The van der Waals surface area contributed by atoms with Gasteiger partial charge in [-0.2, -0.15) is 11.3 Å². The van der Waals surface area contributed by atoms with E-state index in [4.69, 9.17) is 10.6 Å². The van der Waals surface area contributed by atoms with Crippen molar-refractivity contribution in [1.82, 2.24) is 0 Å². The van der Waals surface area contributed by atoms with Crippen molar-refractivity contribution in [2.75, 3.05) is 13.2 Å². The molecular formula is C8H12N2OS. The van der Waals surface area contributed by atoms with Gasteiger partial charge in [-0.05, 0) is 29.8 Å². The number of rotatable bonds is 5. The van der Waals surface area contributed by atoms with Crippen molar-refractivity contribution in [3.05, 3.63) is 22.4 Å². The normalized spacial score (nSPS) is 10.8. The fourth-order valence-electron chi connectivity index (χ4n) is 0.647. The van der Waals surface area contributed by atoms with Gasteiger partial charge in [0.15, 0.2) is 0 Å². The molecule has 1 aromatic rings. The standard InChI is InChI=1S/C8H12N2OS/c9-3-1-4-11-10-6-8-2-5-12-7-8/h2,5-7H,1,3-4,9H2/b10-6+. The minimum atomic E-state index is 0.594. The Morgan fingerprint density at radius 2 is 2.58 bits per heavy atom. The van der Waals surface area contributed by atoms with Gasteiger partial charge in [0.25, 0.3) is 0 Å². The van der Waals surface area contributed by atoms with Gasteiger partial charge in [-0.25, -0.2) is 0 Å². The Morgan fingerprint density at radius 3 is 3.25 bits per heavy atom. The van der Waals surface area contributed by atoms with Crippen molar-refractivity contribution in [2.24, 2.45) is 10.9 Å². The first-order valence-electron chi connectivity index (χ1n) is 3.81. The molecule has 0 spiro atoms. The van der Waals surface area contributed by atoms with E-state index in [0.717, 1.165) is 12.0 Å². The highest BCUT2D eigenvalue weighted by molar-refractivity contribution is 7.08. The predicted molar refractivity (Wildman–Crippen MR) is 51.5 cm³/mol. The fraction of sp³-hybridized carbons (Fsp3) is 0.375. The Labute approximate surface area is 75.8 Å². The molecule has 0 aromatic carbocycles. The molecule has 0 saturated heterocycles. The smallest absolute Gasteiger partial charge is 0.118 e. The van der Waals surface area contributed by atoms with Crippen LogP contribution in [0.15, 0.2) is 22.0 Å². The Kier molecular flexibility index (Phi) is 4.41. The topological polar surface area (TPSA) is 47.6 Å². The number of hydrogen-bond acceptors (Lipinski definition) is 4. The Balaban J connectivity index is 2.14. The van der Waals surface area contributed by atoms with Gasteiger partial charge in [0.1, 0.15) is 6.61 Å². The minimum Gasteiger partial charge on any atom is -0.396 e. The number of thiophene rings is 1. The molecule has 2 N–H and O–H groups in total. The predicted octanol–water partition coefficient (Wildman–Crippen LogP) is 1.45. The summed E-state index contributed by atoms with van der Waals surface area (Å²) in [4.78, 5) is 4.94.